The number of aromatic nitrogens is 1. The molecule has 0 radical (unpaired) electrons. The number of rotatable bonds is 10. The Balaban J connectivity index is 1.53. The summed E-state index contributed by atoms with van der Waals surface area (Å²) < 4.78 is 47.3. The second-order valence-corrected chi connectivity index (χ2v) is 9.96. The van der Waals surface area contributed by atoms with Crippen molar-refractivity contribution < 1.29 is 27.8 Å². The lowest BCUT2D eigenvalue weighted by Gasteiger charge is -2.32. The van der Waals surface area contributed by atoms with E-state index >= 15 is 0 Å². The monoisotopic (exact) mass is 571 g/mol. The van der Waals surface area contributed by atoms with Crippen LogP contribution >= 0.6 is 0 Å². The Bertz CT molecular complexity index is 1400. The number of halogens is 3. The van der Waals surface area contributed by atoms with Crippen molar-refractivity contribution in [3.05, 3.63) is 53.7 Å². The summed E-state index contributed by atoms with van der Waals surface area (Å²) in [5.41, 5.74) is 2.58. The summed E-state index contributed by atoms with van der Waals surface area (Å²) >= 11 is 0. The molecule has 1 aliphatic rings. The maximum Gasteiger partial charge on any atom is 0.406 e. The summed E-state index contributed by atoms with van der Waals surface area (Å²) in [5.74, 6) is 6.06. The zero-order chi connectivity index (χ0) is 29.4. The Morgan fingerprint density at radius 1 is 1.15 bits per heavy atom. The fourth-order valence-corrected chi connectivity index (χ4v) is 5.08. The molecule has 3 aromatic rings. The minimum Gasteiger partial charge on any atom is -0.495 e. The number of carbonyl (C=O) groups excluding carboxylic acids is 1. The lowest BCUT2D eigenvalue weighted by atomic mass is 10.0. The highest BCUT2D eigenvalue weighted by Gasteiger charge is 2.30. The van der Waals surface area contributed by atoms with Crippen molar-refractivity contribution in [1.29, 1.82) is 0 Å². The standard InChI is InChI=1S/C30H36F3N5O3/c1-34-29(40)21-9-10-26(28(18-21)41-2)35-13-4-6-23-19-24-25(7-3-8-27(24)38(23)20-30(31,32)33)36-22-11-15-37(16-12-22)14-5-17-39/h3,7-10,18-19,22,35-36,39H,5,11-17,20H2,1-2H3,(H,34,40). The summed E-state index contributed by atoms with van der Waals surface area (Å²) in [5, 5.41) is 19.0. The molecule has 4 rings (SSSR count). The number of amides is 1. The molecule has 1 fully saturated rings. The fraction of sp³-hybridized carbons (Fsp3) is 0.433. The van der Waals surface area contributed by atoms with Crippen LogP contribution in [0.2, 0.25) is 0 Å². The Kier molecular flexibility index (Phi) is 10.0. The van der Waals surface area contributed by atoms with Crippen molar-refractivity contribution >= 4 is 28.2 Å². The predicted molar refractivity (Wildman–Crippen MR) is 155 cm³/mol. The molecule has 2 aromatic carbocycles. The maximum atomic E-state index is 13.6. The molecule has 1 amide bonds. The number of hydrogen-bond donors (Lipinski definition) is 4. The van der Waals surface area contributed by atoms with Crippen LogP contribution in [-0.2, 0) is 6.54 Å². The molecule has 41 heavy (non-hydrogen) atoms. The molecule has 0 bridgehead atoms. The number of alkyl halides is 3. The van der Waals surface area contributed by atoms with Gasteiger partial charge in [-0.05, 0) is 61.6 Å². The van der Waals surface area contributed by atoms with Gasteiger partial charge in [0.05, 0.1) is 30.6 Å². The molecular formula is C30H36F3N5O3. The van der Waals surface area contributed by atoms with Gasteiger partial charge in [0.15, 0.2) is 0 Å². The van der Waals surface area contributed by atoms with Crippen LogP contribution in [0.1, 0.15) is 35.3 Å². The van der Waals surface area contributed by atoms with E-state index in [0.29, 0.717) is 27.9 Å². The van der Waals surface area contributed by atoms with Crippen molar-refractivity contribution in [3.63, 3.8) is 0 Å². The summed E-state index contributed by atoms with van der Waals surface area (Å²) in [4.78, 5) is 14.2. The molecule has 8 nitrogen and oxygen atoms in total. The van der Waals surface area contributed by atoms with Crippen LogP contribution in [0.5, 0.6) is 5.75 Å². The Hall–Kier alpha value is -3.88. The molecule has 220 valence electrons. The number of methoxy groups -OCH3 is 1. The first-order valence-electron chi connectivity index (χ1n) is 13.6. The van der Waals surface area contributed by atoms with Crippen molar-refractivity contribution in [1.82, 2.24) is 14.8 Å². The van der Waals surface area contributed by atoms with Crippen molar-refractivity contribution in [3.8, 4) is 17.6 Å². The number of carbonyl (C=O) groups is 1. The summed E-state index contributed by atoms with van der Waals surface area (Å²) in [7, 11) is 3.03. The van der Waals surface area contributed by atoms with Gasteiger partial charge >= 0.3 is 6.18 Å². The van der Waals surface area contributed by atoms with E-state index in [1.165, 1.54) is 11.7 Å². The first-order valence-corrected chi connectivity index (χ1v) is 13.6. The van der Waals surface area contributed by atoms with E-state index in [2.05, 4.69) is 32.7 Å². The maximum absolute atomic E-state index is 13.6. The SMILES string of the molecule is CNC(=O)c1ccc(NCC#Cc2cc3c(NC4CCN(CCCO)CC4)cccc3n2CC(F)(F)F)c(OC)c1. The Labute approximate surface area is 237 Å². The van der Waals surface area contributed by atoms with Crippen LogP contribution in [-0.4, -0.2) is 79.6 Å². The van der Waals surface area contributed by atoms with E-state index in [0.717, 1.165) is 44.6 Å². The van der Waals surface area contributed by atoms with Crippen molar-refractivity contribution in [2.75, 3.05) is 57.6 Å². The third-order valence-electron chi connectivity index (χ3n) is 7.14. The molecule has 0 spiro atoms. The zero-order valence-electron chi connectivity index (χ0n) is 23.3. The number of likely N-dealkylation sites (tertiary alicyclic amines) is 1. The van der Waals surface area contributed by atoms with Gasteiger partial charge in [-0.15, -0.1) is 0 Å². The molecule has 0 saturated carbocycles. The van der Waals surface area contributed by atoms with Gasteiger partial charge in [0, 0.05) is 56.0 Å². The molecule has 2 heterocycles. The first-order chi connectivity index (χ1) is 19.7. The second kappa shape index (κ2) is 13.7. The lowest BCUT2D eigenvalue weighted by molar-refractivity contribution is -0.140. The third kappa shape index (κ3) is 7.86. The third-order valence-corrected chi connectivity index (χ3v) is 7.14. The minimum atomic E-state index is -4.41. The van der Waals surface area contributed by atoms with Crippen LogP contribution in [0.25, 0.3) is 10.9 Å². The number of ether oxygens (including phenoxy) is 1. The van der Waals surface area contributed by atoms with Crippen LogP contribution in [0.15, 0.2) is 42.5 Å². The molecule has 1 saturated heterocycles. The number of fused-ring (bicyclic) bond motifs is 1. The molecule has 1 aromatic heterocycles. The number of aliphatic hydroxyl groups excluding tert-OH is 1. The van der Waals surface area contributed by atoms with E-state index in [4.69, 9.17) is 9.84 Å². The quantitative estimate of drug-likeness (QED) is 0.272. The summed E-state index contributed by atoms with van der Waals surface area (Å²) in [6.45, 7) is 1.87. The second-order valence-electron chi connectivity index (χ2n) is 9.96. The average Bonchev–Trinajstić information content (AvgIpc) is 3.31. The number of piperidine rings is 1. The van der Waals surface area contributed by atoms with Crippen molar-refractivity contribution in [2.45, 2.75) is 38.0 Å². The van der Waals surface area contributed by atoms with Gasteiger partial charge in [0.25, 0.3) is 5.91 Å². The number of anilines is 2. The topological polar surface area (TPSA) is 90.8 Å². The summed E-state index contributed by atoms with van der Waals surface area (Å²) in [6.07, 6.45) is -1.83. The van der Waals surface area contributed by atoms with E-state index in [1.807, 2.05) is 6.07 Å². The van der Waals surface area contributed by atoms with E-state index in [9.17, 15) is 18.0 Å². The Morgan fingerprint density at radius 3 is 2.61 bits per heavy atom. The highest BCUT2D eigenvalue weighted by Crippen LogP contribution is 2.31. The molecule has 11 heteroatoms. The van der Waals surface area contributed by atoms with E-state index in [-0.39, 0.29) is 30.8 Å². The van der Waals surface area contributed by atoms with Gasteiger partial charge in [-0.3, -0.25) is 4.79 Å². The van der Waals surface area contributed by atoms with Gasteiger partial charge in [-0.2, -0.15) is 13.2 Å². The molecule has 0 atom stereocenters. The smallest absolute Gasteiger partial charge is 0.406 e. The minimum absolute atomic E-state index is 0.156. The highest BCUT2D eigenvalue weighted by molar-refractivity contribution is 5.95. The van der Waals surface area contributed by atoms with E-state index < -0.39 is 12.7 Å². The van der Waals surface area contributed by atoms with Crippen molar-refractivity contribution in [2.24, 2.45) is 0 Å². The number of nitrogens with zero attached hydrogens (tertiary/aromatic N) is 2. The molecular weight excluding hydrogens is 535 g/mol. The number of hydrogen-bond acceptors (Lipinski definition) is 6. The first kappa shape index (κ1) is 30.1. The molecule has 0 unspecified atom stereocenters. The van der Waals surface area contributed by atoms with Crippen LogP contribution in [0, 0.1) is 11.8 Å². The van der Waals surface area contributed by atoms with Crippen LogP contribution in [0.3, 0.4) is 0 Å². The average molecular weight is 572 g/mol. The van der Waals surface area contributed by atoms with Gasteiger partial charge in [-0.1, -0.05) is 12.0 Å². The normalized spacial score (nSPS) is 14.4. The molecule has 1 aliphatic heterocycles. The largest absolute Gasteiger partial charge is 0.495 e. The van der Waals surface area contributed by atoms with Crippen LogP contribution < -0.4 is 20.7 Å². The highest BCUT2D eigenvalue weighted by atomic mass is 19.4. The fourth-order valence-electron chi connectivity index (χ4n) is 5.08. The van der Waals surface area contributed by atoms with Gasteiger partial charge < -0.3 is 35.3 Å². The predicted octanol–water partition coefficient (Wildman–Crippen LogP) is 4.29. The number of nitrogens with one attached hydrogen (secondary N) is 3. The molecule has 0 aliphatic carbocycles. The van der Waals surface area contributed by atoms with Crippen LogP contribution in [0.4, 0.5) is 24.5 Å². The molecule has 4 N–H and O–H groups in total. The zero-order valence-corrected chi connectivity index (χ0v) is 23.3. The van der Waals surface area contributed by atoms with Gasteiger partial charge in [0.2, 0.25) is 0 Å². The summed E-state index contributed by atoms with van der Waals surface area (Å²) in [6, 6.07) is 12.2. The number of benzene rings is 2. The Morgan fingerprint density at radius 2 is 1.93 bits per heavy atom. The van der Waals surface area contributed by atoms with Gasteiger partial charge in [0.1, 0.15) is 12.3 Å². The van der Waals surface area contributed by atoms with Gasteiger partial charge in [-0.25, -0.2) is 0 Å². The number of aliphatic hydroxyl groups is 1. The van der Waals surface area contributed by atoms with E-state index in [1.54, 1.807) is 43.4 Å². The lowest BCUT2D eigenvalue weighted by Crippen LogP contribution is -2.39.